The van der Waals surface area contributed by atoms with Crippen LogP contribution in [-0.2, 0) is 4.79 Å². The van der Waals surface area contributed by atoms with Crippen LogP contribution in [0.1, 0.15) is 72.0 Å². The first kappa shape index (κ1) is 26.7. The highest BCUT2D eigenvalue weighted by Gasteiger charge is 2.33. The Morgan fingerprint density at radius 3 is 2.15 bits per heavy atom. The summed E-state index contributed by atoms with van der Waals surface area (Å²) in [5, 5.41) is 10.5. The molecule has 0 fully saturated rings. The quantitative estimate of drug-likeness (QED) is 0.642. The lowest BCUT2D eigenvalue weighted by Crippen LogP contribution is -2.56. The summed E-state index contributed by atoms with van der Waals surface area (Å²) in [6, 6.07) is 8.65. The van der Waals surface area contributed by atoms with Crippen molar-refractivity contribution in [3.63, 3.8) is 0 Å². The maximum Gasteiger partial charge on any atom is 0.348 e. The molecule has 2 N–H and O–H groups in total. The molecule has 1 aliphatic heterocycles. The Morgan fingerprint density at radius 2 is 1.62 bits per heavy atom. The average molecular weight is 471 g/mol. The van der Waals surface area contributed by atoms with Crippen LogP contribution in [0.3, 0.4) is 0 Å². The van der Waals surface area contributed by atoms with Crippen LogP contribution in [0, 0.1) is 20.8 Å². The molecule has 0 bridgehead atoms. The summed E-state index contributed by atoms with van der Waals surface area (Å²) in [7, 11) is 0. The van der Waals surface area contributed by atoms with Crippen LogP contribution in [0.25, 0.3) is 0 Å². The molecule has 0 radical (unpaired) electrons. The Hall–Kier alpha value is -3.55. The van der Waals surface area contributed by atoms with E-state index in [1.807, 2.05) is 54.5 Å². The molecular formula is C26H34N2O6. The van der Waals surface area contributed by atoms with E-state index in [2.05, 4.69) is 5.43 Å². The molecule has 184 valence electrons. The molecule has 0 saturated heterocycles. The summed E-state index contributed by atoms with van der Waals surface area (Å²) < 4.78 is 11.0. The number of hydrogen-bond donors (Lipinski definition) is 2. The van der Waals surface area contributed by atoms with Crippen LogP contribution in [0.2, 0.25) is 0 Å². The number of nitrogens with one attached hydrogen (secondary N) is 1. The van der Waals surface area contributed by atoms with Crippen LogP contribution in [0.15, 0.2) is 30.3 Å². The number of aliphatic carboxylic acids is 1. The van der Waals surface area contributed by atoms with Crippen LogP contribution in [-0.4, -0.2) is 46.1 Å². The van der Waals surface area contributed by atoms with E-state index < -0.39 is 23.5 Å². The zero-order valence-electron chi connectivity index (χ0n) is 21.1. The fourth-order valence-corrected chi connectivity index (χ4v) is 3.55. The summed E-state index contributed by atoms with van der Waals surface area (Å²) >= 11 is 0. The molecule has 1 heterocycles. The maximum atomic E-state index is 13.3. The first-order chi connectivity index (χ1) is 15.9. The molecule has 0 aromatic heterocycles. The molecule has 0 aliphatic carbocycles. The van der Waals surface area contributed by atoms with Crippen LogP contribution in [0.4, 0.5) is 0 Å². The molecule has 34 heavy (non-hydrogen) atoms. The molecule has 2 amide bonds. The van der Waals surface area contributed by atoms with Crippen molar-refractivity contribution in [3.8, 4) is 11.5 Å². The number of hydrazine groups is 1. The molecule has 3 rings (SSSR count). The number of carboxylic acids is 1. The van der Waals surface area contributed by atoms with Gasteiger partial charge in [0.2, 0.25) is 6.10 Å². The van der Waals surface area contributed by atoms with Gasteiger partial charge in [0.05, 0.1) is 5.54 Å². The number of ether oxygens (including phenoxy) is 2. The van der Waals surface area contributed by atoms with Crippen molar-refractivity contribution in [2.75, 3.05) is 6.61 Å². The number of carboxylic acid groups (broad SMARTS) is 1. The minimum atomic E-state index is -1.16. The van der Waals surface area contributed by atoms with Gasteiger partial charge in [-0.15, -0.1) is 0 Å². The Labute approximate surface area is 200 Å². The minimum absolute atomic E-state index is 0.116. The van der Waals surface area contributed by atoms with Gasteiger partial charge in [-0.1, -0.05) is 31.0 Å². The van der Waals surface area contributed by atoms with Crippen molar-refractivity contribution >= 4 is 17.8 Å². The number of carbonyl (C=O) groups excluding carboxylic acids is 2. The van der Waals surface area contributed by atoms with E-state index in [1.165, 1.54) is 5.01 Å². The maximum absolute atomic E-state index is 13.3. The van der Waals surface area contributed by atoms with E-state index >= 15 is 0 Å². The predicted octanol–water partition coefficient (Wildman–Crippen LogP) is 4.45. The summed E-state index contributed by atoms with van der Waals surface area (Å²) in [5.74, 6) is -1.42. The van der Waals surface area contributed by atoms with E-state index in [4.69, 9.17) is 9.47 Å². The molecule has 0 spiro atoms. The summed E-state index contributed by atoms with van der Waals surface area (Å²) in [6.07, 6.45) is -1.16. The molecule has 1 unspecified atom stereocenters. The second kappa shape index (κ2) is 10.6. The van der Waals surface area contributed by atoms with Gasteiger partial charge in [-0.05, 0) is 65.8 Å². The third-order valence-electron chi connectivity index (χ3n) is 5.10. The second-order valence-electron chi connectivity index (χ2n) is 8.95. The summed E-state index contributed by atoms with van der Waals surface area (Å²) in [6.45, 7) is 14.8. The fourth-order valence-electron chi connectivity index (χ4n) is 3.55. The highest BCUT2D eigenvalue weighted by Crippen LogP contribution is 2.37. The van der Waals surface area contributed by atoms with Crippen LogP contribution < -0.4 is 14.9 Å². The summed E-state index contributed by atoms with van der Waals surface area (Å²) in [5.41, 5.74) is 5.07. The van der Waals surface area contributed by atoms with Crippen molar-refractivity contribution in [1.29, 1.82) is 0 Å². The Balaban J connectivity index is 0.00000199. The van der Waals surface area contributed by atoms with Gasteiger partial charge in [-0.2, -0.15) is 0 Å². The number of nitrogens with zero attached hydrogens (tertiary/aromatic N) is 1. The van der Waals surface area contributed by atoms with Gasteiger partial charge in [0.25, 0.3) is 11.8 Å². The Kier molecular flexibility index (Phi) is 8.31. The zero-order chi connectivity index (χ0) is 25.8. The third-order valence-corrected chi connectivity index (χ3v) is 5.10. The van der Waals surface area contributed by atoms with Crippen molar-refractivity contribution in [2.24, 2.45) is 0 Å². The van der Waals surface area contributed by atoms with Crippen LogP contribution >= 0.6 is 0 Å². The molecule has 1 aliphatic rings. The monoisotopic (exact) mass is 470 g/mol. The Bertz CT molecular complexity index is 1070. The Morgan fingerprint density at radius 1 is 1.03 bits per heavy atom. The molecule has 1 atom stereocenters. The number of amides is 2. The number of rotatable bonds is 3. The van der Waals surface area contributed by atoms with Gasteiger partial charge in [-0.3, -0.25) is 15.0 Å². The van der Waals surface area contributed by atoms with Crippen molar-refractivity contribution in [3.05, 3.63) is 58.1 Å². The van der Waals surface area contributed by atoms with Gasteiger partial charge in [0, 0.05) is 16.7 Å². The van der Waals surface area contributed by atoms with Gasteiger partial charge in [0.1, 0.15) is 6.61 Å². The number of carbonyl (C=O) groups is 3. The lowest BCUT2D eigenvalue weighted by molar-refractivity contribution is -0.147. The van der Waals surface area contributed by atoms with Gasteiger partial charge in [-0.25, -0.2) is 9.80 Å². The largest absolute Gasteiger partial charge is 0.485 e. The third kappa shape index (κ3) is 5.87. The topological polar surface area (TPSA) is 105 Å². The highest BCUT2D eigenvalue weighted by atomic mass is 16.6. The smallest absolute Gasteiger partial charge is 0.348 e. The first-order valence-corrected chi connectivity index (χ1v) is 11.3. The molecule has 2 aromatic rings. The molecule has 2 aromatic carbocycles. The van der Waals surface area contributed by atoms with E-state index in [1.54, 1.807) is 31.2 Å². The SMILES string of the molecule is CC.Cc1cc(C)cc(C(=O)N(NC(=O)c2ccc3c(c2C)OC(C(=O)O)CO3)C(C)(C)C)c1. The second-order valence-corrected chi connectivity index (χ2v) is 8.95. The fraction of sp³-hybridized carbons (Fsp3) is 0.423. The number of fused-ring (bicyclic) bond motifs is 1. The van der Waals surface area contributed by atoms with E-state index in [-0.39, 0.29) is 23.8 Å². The summed E-state index contributed by atoms with van der Waals surface area (Å²) in [4.78, 5) is 37.8. The first-order valence-electron chi connectivity index (χ1n) is 11.3. The molecular weight excluding hydrogens is 436 g/mol. The number of benzene rings is 2. The molecule has 8 nitrogen and oxygen atoms in total. The molecule has 8 heteroatoms. The molecule has 0 saturated carbocycles. The van der Waals surface area contributed by atoms with Gasteiger partial charge < -0.3 is 14.6 Å². The van der Waals surface area contributed by atoms with Gasteiger partial charge in [0.15, 0.2) is 11.5 Å². The normalized spacial score (nSPS) is 14.4. The number of aryl methyl sites for hydroxylation is 2. The number of hydrogen-bond acceptors (Lipinski definition) is 5. The van der Waals surface area contributed by atoms with E-state index in [0.29, 0.717) is 16.9 Å². The lowest BCUT2D eigenvalue weighted by atomic mass is 10.0. The van der Waals surface area contributed by atoms with Crippen molar-refractivity contribution < 1.29 is 29.0 Å². The zero-order valence-corrected chi connectivity index (χ0v) is 21.1. The lowest BCUT2D eigenvalue weighted by Gasteiger charge is -2.36. The minimum Gasteiger partial charge on any atom is -0.485 e. The average Bonchev–Trinajstić information content (AvgIpc) is 2.76. The van der Waals surface area contributed by atoms with Gasteiger partial charge >= 0.3 is 5.97 Å². The van der Waals surface area contributed by atoms with Crippen LogP contribution in [0.5, 0.6) is 11.5 Å². The van der Waals surface area contributed by atoms with Crippen molar-refractivity contribution in [2.45, 2.75) is 67.0 Å². The predicted molar refractivity (Wildman–Crippen MR) is 129 cm³/mol. The van der Waals surface area contributed by atoms with E-state index in [0.717, 1.165) is 11.1 Å². The van der Waals surface area contributed by atoms with E-state index in [9.17, 15) is 19.5 Å². The highest BCUT2D eigenvalue weighted by molar-refractivity contribution is 6.00. The van der Waals surface area contributed by atoms with Crippen molar-refractivity contribution in [1.82, 2.24) is 10.4 Å². The standard InChI is InChI=1S/C24H28N2O6.C2H6/c1-13-9-14(2)11-16(10-13)22(28)26(24(4,5)6)25-21(27)17-7-8-18-20(15(17)3)32-19(12-31-18)23(29)30;1-2/h7-11,19H,12H2,1-6H3,(H,25,27)(H,29,30);1-2H3.